The third-order valence-electron chi connectivity index (χ3n) is 7.68. The molecule has 3 heterocycles. The Hall–Kier alpha value is -3.62. The van der Waals surface area contributed by atoms with E-state index >= 15 is 0 Å². The second-order valence-corrected chi connectivity index (χ2v) is 11.3. The quantitative estimate of drug-likeness (QED) is 0.496. The monoisotopic (exact) mass is 502 g/mol. The molecule has 2 aliphatic rings. The van der Waals surface area contributed by atoms with Crippen LogP contribution in [0.5, 0.6) is 0 Å². The Morgan fingerprint density at radius 1 is 1.11 bits per heavy atom. The highest BCUT2D eigenvalue weighted by atomic mass is 16.2. The molecule has 1 N–H and O–H groups in total. The first-order chi connectivity index (χ1) is 17.5. The second-order valence-electron chi connectivity index (χ2n) is 11.3. The summed E-state index contributed by atoms with van der Waals surface area (Å²) >= 11 is 0. The minimum Gasteiger partial charge on any atom is -0.354 e. The zero-order chi connectivity index (χ0) is 26.6. The van der Waals surface area contributed by atoms with E-state index in [0.29, 0.717) is 35.8 Å². The van der Waals surface area contributed by atoms with Gasteiger partial charge in [0.2, 0.25) is 11.8 Å². The average Bonchev–Trinajstić information content (AvgIpc) is 3.19. The summed E-state index contributed by atoms with van der Waals surface area (Å²) in [5, 5.41) is 8.28. The molecule has 9 heteroatoms. The molecule has 5 rings (SSSR count). The van der Waals surface area contributed by atoms with Crippen molar-refractivity contribution in [3.05, 3.63) is 41.6 Å². The molecule has 37 heavy (non-hydrogen) atoms. The summed E-state index contributed by atoms with van der Waals surface area (Å²) in [6, 6.07) is 3.51. The van der Waals surface area contributed by atoms with E-state index in [1.165, 1.54) is 6.92 Å². The maximum Gasteiger partial charge on any atom is 0.245 e. The number of aryl methyl sites for hydroxylation is 2. The van der Waals surface area contributed by atoms with Crippen LogP contribution in [-0.2, 0) is 16.1 Å². The number of nitrogens with one attached hydrogen (secondary N) is 1. The maximum atomic E-state index is 13.7. The number of piperidine rings is 1. The van der Waals surface area contributed by atoms with Gasteiger partial charge < -0.3 is 10.2 Å². The van der Waals surface area contributed by atoms with Crippen molar-refractivity contribution in [3.63, 3.8) is 0 Å². The Morgan fingerprint density at radius 3 is 2.46 bits per heavy atom. The Bertz CT molecular complexity index is 1410. The van der Waals surface area contributed by atoms with Crippen LogP contribution >= 0.6 is 0 Å². The third kappa shape index (κ3) is 4.51. The normalized spacial score (nSPS) is 22.4. The number of nitrogens with zero attached hydrogens (tertiary/aromatic N) is 5. The molecular formula is C28H34N6O3. The number of carbonyl (C=O) groups excluding carboxylic acids is 3. The first-order valence-electron chi connectivity index (χ1n) is 12.9. The number of hydrogen-bond donors (Lipinski definition) is 1. The van der Waals surface area contributed by atoms with E-state index in [0.717, 1.165) is 28.6 Å². The number of amides is 2. The van der Waals surface area contributed by atoms with Crippen molar-refractivity contribution in [2.24, 2.45) is 11.3 Å². The molecule has 9 nitrogen and oxygen atoms in total. The Morgan fingerprint density at radius 2 is 1.81 bits per heavy atom. The predicted octanol–water partition coefficient (Wildman–Crippen LogP) is 3.46. The van der Waals surface area contributed by atoms with E-state index in [2.05, 4.69) is 27.3 Å². The fourth-order valence-corrected chi connectivity index (χ4v) is 5.60. The van der Waals surface area contributed by atoms with Crippen molar-refractivity contribution in [2.75, 3.05) is 6.54 Å². The number of rotatable bonds is 7. The van der Waals surface area contributed by atoms with Gasteiger partial charge in [0.1, 0.15) is 24.1 Å². The van der Waals surface area contributed by atoms with Crippen molar-refractivity contribution in [2.45, 2.75) is 73.0 Å². The first-order valence-corrected chi connectivity index (χ1v) is 12.9. The number of Topliss-reactive ketones (excluding diaryl/α,β-unsaturated/α-hetero) is 1. The fraction of sp³-hybridized carbons (Fsp3) is 0.500. The molecule has 2 amide bonds. The van der Waals surface area contributed by atoms with Gasteiger partial charge in [-0.2, -0.15) is 5.10 Å². The molecule has 0 spiro atoms. The molecule has 0 radical (unpaired) electrons. The standard InChI is InChI=1S/C28H34N6O3/c1-15(2)11-31-27(37)22-9-28(6)10-23(28)34(22)24(36)14-33-26-16(3)7-19(20-12-29-18(5)30-13-20)8-21(26)25(32-33)17(4)35/h7-8,12-13,15,22-23H,9-11,14H2,1-6H3,(H,31,37)/t22-,23+,28-/m0/s1. The molecule has 0 unspecified atom stereocenters. The van der Waals surface area contributed by atoms with Gasteiger partial charge in [0.15, 0.2) is 5.78 Å². The summed E-state index contributed by atoms with van der Waals surface area (Å²) in [5.74, 6) is 0.605. The van der Waals surface area contributed by atoms with Crippen LogP contribution in [0.2, 0.25) is 0 Å². The van der Waals surface area contributed by atoms with Gasteiger partial charge in [-0.15, -0.1) is 0 Å². The molecule has 2 fully saturated rings. The molecule has 1 saturated carbocycles. The van der Waals surface area contributed by atoms with Crippen LogP contribution < -0.4 is 5.32 Å². The molecule has 3 atom stereocenters. The lowest BCUT2D eigenvalue weighted by Crippen LogP contribution is -2.49. The smallest absolute Gasteiger partial charge is 0.245 e. The van der Waals surface area contributed by atoms with Gasteiger partial charge in [-0.25, -0.2) is 9.97 Å². The number of aromatic nitrogens is 4. The largest absolute Gasteiger partial charge is 0.354 e. The number of benzene rings is 1. The molecule has 3 aromatic rings. The predicted molar refractivity (Wildman–Crippen MR) is 140 cm³/mol. The van der Waals surface area contributed by atoms with Crippen molar-refractivity contribution < 1.29 is 14.4 Å². The van der Waals surface area contributed by atoms with Gasteiger partial charge in [-0.3, -0.25) is 19.1 Å². The molecule has 0 bridgehead atoms. The lowest BCUT2D eigenvalue weighted by molar-refractivity contribution is -0.140. The average molecular weight is 503 g/mol. The zero-order valence-electron chi connectivity index (χ0n) is 22.3. The highest BCUT2D eigenvalue weighted by Gasteiger charge is 2.64. The molecule has 194 valence electrons. The lowest BCUT2D eigenvalue weighted by atomic mass is 10.0. The number of hydrogen-bond acceptors (Lipinski definition) is 6. The van der Waals surface area contributed by atoms with Gasteiger partial charge in [0.25, 0.3) is 0 Å². The van der Waals surface area contributed by atoms with Crippen molar-refractivity contribution in [3.8, 4) is 11.1 Å². The van der Waals surface area contributed by atoms with Gasteiger partial charge >= 0.3 is 0 Å². The van der Waals surface area contributed by atoms with Crippen molar-refractivity contribution in [1.82, 2.24) is 30.0 Å². The minimum absolute atomic E-state index is 0.00679. The van der Waals surface area contributed by atoms with E-state index in [1.54, 1.807) is 22.0 Å². The van der Waals surface area contributed by atoms with Gasteiger partial charge in [0.05, 0.1) is 5.52 Å². The van der Waals surface area contributed by atoms with Crippen LogP contribution in [0.3, 0.4) is 0 Å². The second kappa shape index (κ2) is 9.04. The van der Waals surface area contributed by atoms with Crippen LogP contribution in [0.4, 0.5) is 0 Å². The SMILES string of the molecule is CC(=O)c1nn(CC(=O)N2[C@H](C(=O)NCC(C)C)C[C@@]3(C)C[C@@H]23)c2c(C)cc(-c3cnc(C)nc3)cc12. The zero-order valence-corrected chi connectivity index (χ0v) is 22.3. The van der Waals surface area contributed by atoms with Crippen LogP contribution in [0.15, 0.2) is 24.5 Å². The topological polar surface area (TPSA) is 110 Å². The summed E-state index contributed by atoms with van der Waals surface area (Å²) in [4.78, 5) is 49.6. The summed E-state index contributed by atoms with van der Waals surface area (Å²) < 4.78 is 1.63. The van der Waals surface area contributed by atoms with E-state index in [1.807, 2.05) is 39.8 Å². The van der Waals surface area contributed by atoms with E-state index in [9.17, 15) is 14.4 Å². The van der Waals surface area contributed by atoms with Gasteiger partial charge in [0, 0.05) is 42.9 Å². The van der Waals surface area contributed by atoms with E-state index < -0.39 is 6.04 Å². The van der Waals surface area contributed by atoms with Crippen molar-refractivity contribution in [1.29, 1.82) is 0 Å². The van der Waals surface area contributed by atoms with Gasteiger partial charge in [-0.05, 0) is 61.3 Å². The Kier molecular flexibility index (Phi) is 6.12. The molecule has 1 aliphatic carbocycles. The lowest BCUT2D eigenvalue weighted by Gasteiger charge is -2.27. The summed E-state index contributed by atoms with van der Waals surface area (Å²) in [6.45, 7) is 12.1. The summed E-state index contributed by atoms with van der Waals surface area (Å²) in [7, 11) is 0. The van der Waals surface area contributed by atoms with Gasteiger partial charge in [-0.1, -0.05) is 20.8 Å². The molecule has 1 aromatic carbocycles. The molecule has 1 saturated heterocycles. The third-order valence-corrected chi connectivity index (χ3v) is 7.68. The van der Waals surface area contributed by atoms with E-state index in [4.69, 9.17) is 0 Å². The highest BCUT2D eigenvalue weighted by molar-refractivity contribution is 6.07. The summed E-state index contributed by atoms with van der Waals surface area (Å²) in [5.41, 5.74) is 3.68. The van der Waals surface area contributed by atoms with Crippen LogP contribution in [0, 0.1) is 25.2 Å². The molecule has 2 aromatic heterocycles. The fourth-order valence-electron chi connectivity index (χ4n) is 5.60. The maximum absolute atomic E-state index is 13.7. The van der Waals surface area contributed by atoms with Crippen LogP contribution in [0.25, 0.3) is 22.0 Å². The number of likely N-dealkylation sites (tertiary alicyclic amines) is 1. The van der Waals surface area contributed by atoms with E-state index in [-0.39, 0.29) is 35.6 Å². The summed E-state index contributed by atoms with van der Waals surface area (Å²) in [6.07, 6.45) is 5.10. The highest BCUT2D eigenvalue weighted by Crippen LogP contribution is 2.59. The number of ketones is 1. The molecular weight excluding hydrogens is 468 g/mol. The van der Waals surface area contributed by atoms with Crippen LogP contribution in [0.1, 0.15) is 62.4 Å². The van der Waals surface area contributed by atoms with Crippen molar-refractivity contribution >= 4 is 28.5 Å². The number of fused-ring (bicyclic) bond motifs is 2. The van der Waals surface area contributed by atoms with Crippen LogP contribution in [-0.4, -0.2) is 60.9 Å². The minimum atomic E-state index is -0.474. The Balaban J connectivity index is 1.48. The first kappa shape index (κ1) is 25.0. The Labute approximate surface area is 216 Å². The molecule has 1 aliphatic heterocycles. The number of carbonyl (C=O) groups is 3.